The van der Waals surface area contributed by atoms with Gasteiger partial charge < -0.3 is 20.3 Å². The van der Waals surface area contributed by atoms with Gasteiger partial charge in [-0.15, -0.1) is 11.8 Å². The second-order valence-corrected chi connectivity index (χ2v) is 6.91. The van der Waals surface area contributed by atoms with Crippen molar-refractivity contribution in [3.05, 3.63) is 35.9 Å². The van der Waals surface area contributed by atoms with Gasteiger partial charge in [-0.25, -0.2) is 0 Å². The van der Waals surface area contributed by atoms with Gasteiger partial charge in [0.25, 0.3) is 0 Å². The van der Waals surface area contributed by atoms with Crippen molar-refractivity contribution in [3.63, 3.8) is 0 Å². The Morgan fingerprint density at radius 1 is 1.16 bits per heavy atom. The van der Waals surface area contributed by atoms with E-state index in [4.69, 9.17) is 10.5 Å². The van der Waals surface area contributed by atoms with E-state index in [0.29, 0.717) is 57.4 Å². The van der Waals surface area contributed by atoms with Crippen LogP contribution in [0.3, 0.4) is 0 Å². The Labute approximate surface area is 153 Å². The lowest BCUT2D eigenvalue weighted by molar-refractivity contribution is -0.132. The van der Waals surface area contributed by atoms with Crippen LogP contribution >= 0.6 is 11.8 Å². The molecule has 0 radical (unpaired) electrons. The number of carbonyl (C=O) groups is 2. The van der Waals surface area contributed by atoms with E-state index in [1.807, 2.05) is 35.2 Å². The molecule has 2 N–H and O–H groups in total. The molecule has 25 heavy (non-hydrogen) atoms. The van der Waals surface area contributed by atoms with Crippen LogP contribution in [-0.2, 0) is 20.9 Å². The Kier molecular flexibility index (Phi) is 8.79. The van der Waals surface area contributed by atoms with E-state index >= 15 is 0 Å². The molecule has 1 aliphatic heterocycles. The van der Waals surface area contributed by atoms with Crippen LogP contribution in [0.1, 0.15) is 12.0 Å². The van der Waals surface area contributed by atoms with Gasteiger partial charge in [0, 0.05) is 26.2 Å². The highest BCUT2D eigenvalue weighted by Crippen LogP contribution is 2.10. The molecule has 0 spiro atoms. The summed E-state index contributed by atoms with van der Waals surface area (Å²) in [5.74, 6) is 0.782. The Morgan fingerprint density at radius 2 is 1.88 bits per heavy atom. The highest BCUT2D eigenvalue weighted by Gasteiger charge is 2.18. The quantitative estimate of drug-likeness (QED) is 0.705. The maximum Gasteiger partial charge on any atom is 0.232 e. The molecule has 7 heteroatoms. The number of rotatable bonds is 9. The molecule has 0 bridgehead atoms. The van der Waals surface area contributed by atoms with Gasteiger partial charge in [-0.3, -0.25) is 9.59 Å². The number of nitrogens with two attached hydrogens (primary N) is 1. The summed E-state index contributed by atoms with van der Waals surface area (Å²) in [5, 5.41) is 0. The van der Waals surface area contributed by atoms with E-state index in [2.05, 4.69) is 0 Å². The topological polar surface area (TPSA) is 75.9 Å². The van der Waals surface area contributed by atoms with E-state index in [0.717, 1.165) is 12.0 Å². The number of nitrogens with zero attached hydrogens (tertiary/aromatic N) is 2. The van der Waals surface area contributed by atoms with Crippen molar-refractivity contribution in [1.82, 2.24) is 9.80 Å². The molecule has 1 aromatic carbocycles. The van der Waals surface area contributed by atoms with Crippen molar-refractivity contribution in [2.45, 2.75) is 13.0 Å². The van der Waals surface area contributed by atoms with Gasteiger partial charge in [-0.1, -0.05) is 30.3 Å². The van der Waals surface area contributed by atoms with Gasteiger partial charge >= 0.3 is 0 Å². The van der Waals surface area contributed by atoms with Gasteiger partial charge in [-0.2, -0.15) is 0 Å². The lowest BCUT2D eigenvalue weighted by Crippen LogP contribution is -2.41. The van der Waals surface area contributed by atoms with Crippen LogP contribution in [0.25, 0.3) is 0 Å². The Morgan fingerprint density at radius 3 is 2.56 bits per heavy atom. The first-order chi connectivity index (χ1) is 12.2. The predicted octanol–water partition coefficient (Wildman–Crippen LogP) is 0.956. The molecule has 2 rings (SSSR count). The van der Waals surface area contributed by atoms with E-state index in [-0.39, 0.29) is 11.8 Å². The number of amides is 2. The minimum atomic E-state index is 0.0529. The van der Waals surface area contributed by atoms with Gasteiger partial charge in [0.1, 0.15) is 0 Å². The summed E-state index contributed by atoms with van der Waals surface area (Å²) < 4.78 is 5.25. The average Bonchev–Trinajstić information content (AvgIpc) is 2.66. The second kappa shape index (κ2) is 11.1. The van der Waals surface area contributed by atoms with Crippen LogP contribution in [0.2, 0.25) is 0 Å². The number of thioether (sulfide) groups is 1. The van der Waals surface area contributed by atoms with Crippen LogP contribution in [0, 0.1) is 0 Å². The molecule has 0 atom stereocenters. The second-order valence-electron chi connectivity index (χ2n) is 5.93. The minimum absolute atomic E-state index is 0.0529. The first kappa shape index (κ1) is 19.8. The summed E-state index contributed by atoms with van der Waals surface area (Å²) in [7, 11) is 0. The first-order valence-corrected chi connectivity index (χ1v) is 9.81. The molecule has 1 aromatic rings. The van der Waals surface area contributed by atoms with Crippen LogP contribution < -0.4 is 5.73 Å². The average molecular weight is 365 g/mol. The fourth-order valence-electron chi connectivity index (χ4n) is 2.60. The summed E-state index contributed by atoms with van der Waals surface area (Å²) in [5.41, 5.74) is 6.69. The monoisotopic (exact) mass is 365 g/mol. The molecule has 1 aliphatic rings. The minimum Gasteiger partial charge on any atom is -0.378 e. The number of carbonyl (C=O) groups excluding carboxylic acids is 2. The van der Waals surface area contributed by atoms with Crippen molar-refractivity contribution >= 4 is 23.6 Å². The summed E-state index contributed by atoms with van der Waals surface area (Å²) >= 11 is 1.38. The zero-order valence-electron chi connectivity index (χ0n) is 14.6. The summed E-state index contributed by atoms with van der Waals surface area (Å²) in [6.45, 7) is 4.26. The van der Waals surface area contributed by atoms with Gasteiger partial charge in [0.05, 0.1) is 24.7 Å². The Balaban J connectivity index is 1.78. The molecular weight excluding hydrogens is 338 g/mol. The van der Waals surface area contributed by atoms with Gasteiger partial charge in [0.15, 0.2) is 0 Å². The smallest absolute Gasteiger partial charge is 0.232 e. The maximum absolute atomic E-state index is 12.5. The molecular formula is C18H27N3O3S. The van der Waals surface area contributed by atoms with Crippen LogP contribution in [-0.4, -0.2) is 72.5 Å². The number of hydrogen-bond donors (Lipinski definition) is 1. The maximum atomic E-state index is 12.5. The predicted molar refractivity (Wildman–Crippen MR) is 100 cm³/mol. The lowest BCUT2D eigenvalue weighted by atomic mass is 10.2. The van der Waals surface area contributed by atoms with Crippen LogP contribution in [0.15, 0.2) is 30.3 Å². The molecule has 0 saturated carbocycles. The highest BCUT2D eigenvalue weighted by atomic mass is 32.2. The van der Waals surface area contributed by atoms with Crippen molar-refractivity contribution in [3.8, 4) is 0 Å². The normalized spacial score (nSPS) is 14.4. The zero-order valence-corrected chi connectivity index (χ0v) is 15.4. The Bertz CT molecular complexity index is 536. The molecule has 1 heterocycles. The third-order valence-electron chi connectivity index (χ3n) is 4.02. The fourth-order valence-corrected chi connectivity index (χ4v) is 3.42. The lowest BCUT2D eigenvalue weighted by Gasteiger charge is -2.27. The Hall–Kier alpha value is -1.57. The standard InChI is InChI=1S/C18H27N3O3S/c19-7-4-8-21(13-16-5-2-1-3-6-16)18(23)15-25-14-17(22)20-9-11-24-12-10-20/h1-3,5-6H,4,7-15,19H2. The SMILES string of the molecule is NCCCN(Cc1ccccc1)C(=O)CSCC(=O)N1CCOCC1. The number of morpholine rings is 1. The zero-order chi connectivity index (χ0) is 17.9. The molecule has 1 saturated heterocycles. The number of ether oxygens (including phenoxy) is 1. The molecule has 0 aliphatic carbocycles. The van der Waals surface area contributed by atoms with Crippen LogP contribution in [0.5, 0.6) is 0 Å². The van der Waals surface area contributed by atoms with Gasteiger partial charge in [-0.05, 0) is 18.5 Å². The molecule has 1 fully saturated rings. The number of benzene rings is 1. The van der Waals surface area contributed by atoms with E-state index in [1.165, 1.54) is 11.8 Å². The van der Waals surface area contributed by atoms with E-state index in [9.17, 15) is 9.59 Å². The van der Waals surface area contributed by atoms with Crippen LogP contribution in [0.4, 0.5) is 0 Å². The largest absolute Gasteiger partial charge is 0.378 e. The summed E-state index contributed by atoms with van der Waals surface area (Å²) in [6.07, 6.45) is 0.774. The van der Waals surface area contributed by atoms with Crippen molar-refractivity contribution < 1.29 is 14.3 Å². The molecule has 0 unspecified atom stereocenters. The molecule has 6 nitrogen and oxygen atoms in total. The molecule has 0 aromatic heterocycles. The first-order valence-electron chi connectivity index (χ1n) is 8.65. The van der Waals surface area contributed by atoms with Crippen molar-refractivity contribution in [2.75, 3.05) is 50.9 Å². The van der Waals surface area contributed by atoms with Crippen molar-refractivity contribution in [2.24, 2.45) is 5.73 Å². The summed E-state index contributed by atoms with van der Waals surface area (Å²) in [6, 6.07) is 9.92. The third-order valence-corrected chi connectivity index (χ3v) is 4.92. The van der Waals surface area contributed by atoms with E-state index < -0.39 is 0 Å². The molecule has 138 valence electrons. The highest BCUT2D eigenvalue weighted by molar-refractivity contribution is 8.00. The summed E-state index contributed by atoms with van der Waals surface area (Å²) in [4.78, 5) is 28.3. The van der Waals surface area contributed by atoms with Gasteiger partial charge in [0.2, 0.25) is 11.8 Å². The molecule has 2 amide bonds. The van der Waals surface area contributed by atoms with Crippen molar-refractivity contribution in [1.29, 1.82) is 0 Å². The van der Waals surface area contributed by atoms with E-state index in [1.54, 1.807) is 4.90 Å². The fraction of sp³-hybridized carbons (Fsp3) is 0.556. The number of hydrogen-bond acceptors (Lipinski definition) is 5. The third kappa shape index (κ3) is 7.05.